The lowest BCUT2D eigenvalue weighted by molar-refractivity contribution is -0.137. The highest BCUT2D eigenvalue weighted by molar-refractivity contribution is 7.89. The molecular formula is C25H22F4N4O3S. The maximum absolute atomic E-state index is 13.2. The van der Waals surface area contributed by atoms with Crippen molar-refractivity contribution in [2.75, 3.05) is 18.9 Å². The summed E-state index contributed by atoms with van der Waals surface area (Å²) in [5.74, 6) is -0.719. The van der Waals surface area contributed by atoms with Gasteiger partial charge in [-0.2, -0.15) is 17.5 Å². The summed E-state index contributed by atoms with van der Waals surface area (Å²) in [5, 5.41) is 5.58. The topological polar surface area (TPSA) is 91.4 Å². The Bertz CT molecular complexity index is 1420. The van der Waals surface area contributed by atoms with E-state index in [1.165, 1.54) is 18.2 Å². The van der Waals surface area contributed by atoms with E-state index in [2.05, 4.69) is 15.6 Å². The standard InChI is InChI=1S/C25H22F4N4O3S/c1-30-23-14-16(13-21(32-23)17-4-6-18(7-5-17)25(27,28)29)15-31-24(34)22-3-2-12-33(22)37(35,36)20-10-8-19(26)9-11-20/h2-11,13-14,22H,12,15H2,1H3,(H,30,32)(H,31,34). The van der Waals surface area contributed by atoms with Crippen LogP contribution in [-0.4, -0.2) is 43.2 Å². The molecular weight excluding hydrogens is 512 g/mol. The van der Waals surface area contributed by atoms with Crippen LogP contribution in [0.5, 0.6) is 0 Å². The third kappa shape index (κ3) is 5.81. The number of carbonyl (C=O) groups excluding carboxylic acids is 1. The smallest absolute Gasteiger partial charge is 0.373 e. The van der Waals surface area contributed by atoms with Crippen LogP contribution in [0, 0.1) is 5.82 Å². The van der Waals surface area contributed by atoms with Crippen molar-refractivity contribution >= 4 is 21.7 Å². The first-order chi connectivity index (χ1) is 17.5. The summed E-state index contributed by atoms with van der Waals surface area (Å²) >= 11 is 0. The Morgan fingerprint density at radius 3 is 2.38 bits per heavy atom. The Morgan fingerprint density at radius 2 is 1.76 bits per heavy atom. The van der Waals surface area contributed by atoms with Crippen molar-refractivity contribution in [3.8, 4) is 11.3 Å². The molecule has 0 bridgehead atoms. The lowest BCUT2D eigenvalue weighted by atomic mass is 10.1. The Morgan fingerprint density at radius 1 is 1.08 bits per heavy atom. The number of anilines is 1. The summed E-state index contributed by atoms with van der Waals surface area (Å²) in [6.07, 6.45) is -1.43. The van der Waals surface area contributed by atoms with Gasteiger partial charge in [0.2, 0.25) is 15.9 Å². The largest absolute Gasteiger partial charge is 0.416 e. The summed E-state index contributed by atoms with van der Waals surface area (Å²) in [6.45, 7) is -0.00648. The van der Waals surface area contributed by atoms with Gasteiger partial charge in [-0.05, 0) is 54.1 Å². The molecule has 1 atom stereocenters. The molecule has 1 aliphatic rings. The van der Waals surface area contributed by atoms with Crippen LogP contribution >= 0.6 is 0 Å². The molecule has 1 amide bonds. The number of sulfonamides is 1. The molecule has 1 aromatic heterocycles. The van der Waals surface area contributed by atoms with Gasteiger partial charge in [-0.25, -0.2) is 17.8 Å². The monoisotopic (exact) mass is 534 g/mol. The average Bonchev–Trinajstić information content (AvgIpc) is 3.38. The molecule has 0 saturated heterocycles. The molecule has 3 aromatic rings. The normalized spacial score (nSPS) is 16.1. The van der Waals surface area contributed by atoms with Crippen molar-refractivity contribution in [3.63, 3.8) is 0 Å². The zero-order valence-electron chi connectivity index (χ0n) is 19.5. The number of amides is 1. The van der Waals surface area contributed by atoms with Crippen LogP contribution in [0.1, 0.15) is 11.1 Å². The molecule has 2 heterocycles. The molecule has 194 valence electrons. The van der Waals surface area contributed by atoms with Crippen LogP contribution in [0.15, 0.2) is 77.7 Å². The maximum atomic E-state index is 13.2. The van der Waals surface area contributed by atoms with Gasteiger partial charge >= 0.3 is 6.18 Å². The number of nitrogens with zero attached hydrogens (tertiary/aromatic N) is 2. The highest BCUT2D eigenvalue weighted by atomic mass is 32.2. The van der Waals surface area contributed by atoms with Crippen LogP contribution in [0.4, 0.5) is 23.4 Å². The summed E-state index contributed by atoms with van der Waals surface area (Å²) in [6, 6.07) is 11.1. The minimum absolute atomic E-state index is 0.0123. The number of aromatic nitrogens is 1. The van der Waals surface area contributed by atoms with Crippen molar-refractivity contribution in [2.24, 2.45) is 0 Å². The quantitative estimate of drug-likeness (QED) is 0.350. The van der Waals surface area contributed by atoms with Crippen molar-refractivity contribution in [1.82, 2.24) is 14.6 Å². The third-order valence-electron chi connectivity index (χ3n) is 5.72. The van der Waals surface area contributed by atoms with E-state index in [4.69, 9.17) is 0 Å². The molecule has 0 spiro atoms. The Kier molecular flexibility index (Phi) is 7.32. The first-order valence-corrected chi connectivity index (χ1v) is 12.5. The zero-order chi connectivity index (χ0) is 26.8. The first kappa shape index (κ1) is 26.3. The van der Waals surface area contributed by atoms with Crippen molar-refractivity contribution in [3.05, 3.63) is 89.8 Å². The van der Waals surface area contributed by atoms with Crippen LogP contribution in [0.3, 0.4) is 0 Å². The highest BCUT2D eigenvalue weighted by Crippen LogP contribution is 2.31. The fourth-order valence-electron chi connectivity index (χ4n) is 3.80. The number of rotatable bonds is 7. The van der Waals surface area contributed by atoms with E-state index in [-0.39, 0.29) is 18.0 Å². The van der Waals surface area contributed by atoms with Gasteiger partial charge in [-0.1, -0.05) is 24.3 Å². The zero-order valence-corrected chi connectivity index (χ0v) is 20.3. The second-order valence-corrected chi connectivity index (χ2v) is 10.1. The second-order valence-electron chi connectivity index (χ2n) is 8.19. The number of hydrogen-bond donors (Lipinski definition) is 2. The number of benzene rings is 2. The summed E-state index contributed by atoms with van der Waals surface area (Å²) in [4.78, 5) is 17.2. The fourth-order valence-corrected chi connectivity index (χ4v) is 5.30. The van der Waals surface area contributed by atoms with E-state index < -0.39 is 39.5 Å². The Hall–Kier alpha value is -3.77. The van der Waals surface area contributed by atoms with Crippen LogP contribution < -0.4 is 10.6 Å². The van der Waals surface area contributed by atoms with Crippen LogP contribution in [0.2, 0.25) is 0 Å². The van der Waals surface area contributed by atoms with Gasteiger partial charge in [0.1, 0.15) is 17.7 Å². The number of nitrogens with one attached hydrogen (secondary N) is 2. The van der Waals surface area contributed by atoms with E-state index in [1.54, 1.807) is 25.3 Å². The van der Waals surface area contributed by atoms with E-state index in [9.17, 15) is 30.8 Å². The summed E-state index contributed by atoms with van der Waals surface area (Å²) in [7, 11) is -2.43. The van der Waals surface area contributed by atoms with Gasteiger partial charge in [-0.15, -0.1) is 0 Å². The number of halogens is 4. The highest BCUT2D eigenvalue weighted by Gasteiger charge is 2.36. The lowest BCUT2D eigenvalue weighted by Crippen LogP contribution is -2.45. The van der Waals surface area contributed by atoms with Crippen LogP contribution in [-0.2, 0) is 27.5 Å². The third-order valence-corrected chi connectivity index (χ3v) is 7.58. The maximum Gasteiger partial charge on any atom is 0.416 e. The van der Waals surface area contributed by atoms with Gasteiger partial charge in [0.05, 0.1) is 16.2 Å². The minimum atomic E-state index is -4.46. The van der Waals surface area contributed by atoms with E-state index in [0.717, 1.165) is 40.7 Å². The predicted molar refractivity (Wildman–Crippen MR) is 129 cm³/mol. The van der Waals surface area contributed by atoms with Crippen LogP contribution in [0.25, 0.3) is 11.3 Å². The minimum Gasteiger partial charge on any atom is -0.373 e. The molecule has 12 heteroatoms. The summed E-state index contributed by atoms with van der Waals surface area (Å²) < 4.78 is 78.9. The molecule has 1 aliphatic heterocycles. The van der Waals surface area contributed by atoms with Gasteiger partial charge < -0.3 is 10.6 Å². The van der Waals surface area contributed by atoms with Gasteiger partial charge in [0, 0.05) is 25.7 Å². The summed E-state index contributed by atoms with van der Waals surface area (Å²) in [5.41, 5.74) is 0.662. The van der Waals surface area contributed by atoms with Gasteiger partial charge in [0.25, 0.3) is 0 Å². The molecule has 0 fully saturated rings. The fraction of sp³-hybridized carbons (Fsp3) is 0.200. The predicted octanol–water partition coefficient (Wildman–Crippen LogP) is 4.19. The van der Waals surface area contributed by atoms with Crippen molar-refractivity contribution in [2.45, 2.75) is 23.7 Å². The number of carbonyl (C=O) groups is 1. The Balaban J connectivity index is 1.50. The number of hydrogen-bond acceptors (Lipinski definition) is 5. The van der Waals surface area contributed by atoms with Crippen molar-refractivity contribution < 1.29 is 30.8 Å². The SMILES string of the molecule is CNc1cc(CNC(=O)C2C=CCN2S(=O)(=O)c2ccc(F)cc2)cc(-c2ccc(C(F)(F)F)cc2)n1. The molecule has 4 rings (SSSR count). The first-order valence-electron chi connectivity index (χ1n) is 11.1. The van der Waals surface area contributed by atoms with Gasteiger partial charge in [0.15, 0.2) is 0 Å². The number of pyridine rings is 1. The average molecular weight is 535 g/mol. The lowest BCUT2D eigenvalue weighted by Gasteiger charge is -2.23. The molecule has 1 unspecified atom stereocenters. The molecule has 37 heavy (non-hydrogen) atoms. The van der Waals surface area contributed by atoms with Gasteiger partial charge in [-0.3, -0.25) is 4.79 Å². The molecule has 2 aromatic carbocycles. The molecule has 0 aliphatic carbocycles. The van der Waals surface area contributed by atoms with Crippen molar-refractivity contribution in [1.29, 1.82) is 0 Å². The van der Waals surface area contributed by atoms with E-state index in [1.807, 2.05) is 0 Å². The Labute approximate surface area is 210 Å². The molecule has 7 nitrogen and oxygen atoms in total. The molecule has 0 radical (unpaired) electrons. The molecule has 0 saturated carbocycles. The number of alkyl halides is 3. The molecule has 2 N–H and O–H groups in total. The second kappa shape index (κ2) is 10.3. The van der Waals surface area contributed by atoms with E-state index >= 15 is 0 Å². The van der Waals surface area contributed by atoms with E-state index in [0.29, 0.717) is 22.6 Å².